The van der Waals surface area contributed by atoms with Crippen molar-refractivity contribution in [3.8, 4) is 0 Å². The molecule has 3 atom stereocenters. The van der Waals surface area contributed by atoms with Crippen LogP contribution in [0.4, 0.5) is 0 Å². The normalized spacial score (nSPS) is 14.2. The average molecular weight is 729 g/mol. The lowest BCUT2D eigenvalue weighted by Gasteiger charge is -2.15. The van der Waals surface area contributed by atoms with Crippen molar-refractivity contribution in [3.63, 3.8) is 0 Å². The Morgan fingerprint density at radius 3 is 1.67 bits per heavy atom. The highest BCUT2D eigenvalue weighted by molar-refractivity contribution is 5.70. The zero-order valence-electron chi connectivity index (χ0n) is 33.0. The lowest BCUT2D eigenvalue weighted by molar-refractivity contribution is -0.161. The number of hydrogen-bond donors (Lipinski definition) is 3. The van der Waals surface area contributed by atoms with Gasteiger partial charge in [0.25, 0.3) is 0 Å². The number of carbonyl (C=O) groups excluding carboxylic acids is 2. The minimum Gasteiger partial charge on any atom is -0.462 e. The van der Waals surface area contributed by atoms with E-state index in [1.165, 1.54) is 89.9 Å². The van der Waals surface area contributed by atoms with E-state index >= 15 is 0 Å². The number of ether oxygens (including phenoxy) is 2. The molecule has 0 aliphatic carbocycles. The summed E-state index contributed by atoms with van der Waals surface area (Å²) in [5.74, 6) is -0.774. The molecule has 0 aromatic carbocycles. The van der Waals surface area contributed by atoms with Crippen molar-refractivity contribution in [1.82, 2.24) is 0 Å². The monoisotopic (exact) mass is 729 g/mol. The predicted molar refractivity (Wildman–Crippen MR) is 217 cm³/mol. The molecular formula is C45H76O7. The molecule has 298 valence electrons. The Kier molecular flexibility index (Phi) is 37.4. The first-order valence-electron chi connectivity index (χ1n) is 20.7. The second-order valence-electron chi connectivity index (χ2n) is 13.7. The van der Waals surface area contributed by atoms with Crippen LogP contribution in [-0.4, -0.2) is 58.8 Å². The van der Waals surface area contributed by atoms with E-state index in [0.29, 0.717) is 25.7 Å². The molecule has 7 heteroatoms. The smallest absolute Gasteiger partial charge is 0.306 e. The Labute approximate surface area is 318 Å². The summed E-state index contributed by atoms with van der Waals surface area (Å²) in [6.07, 6.45) is 46.1. The largest absolute Gasteiger partial charge is 0.462 e. The van der Waals surface area contributed by atoms with Crippen LogP contribution < -0.4 is 0 Å². The molecule has 0 saturated heterocycles. The van der Waals surface area contributed by atoms with E-state index < -0.39 is 30.9 Å². The van der Waals surface area contributed by atoms with Gasteiger partial charge in [0.15, 0.2) is 6.10 Å². The van der Waals surface area contributed by atoms with Gasteiger partial charge in [0.2, 0.25) is 0 Å². The highest BCUT2D eigenvalue weighted by atomic mass is 16.6. The third kappa shape index (κ3) is 37.0. The topological polar surface area (TPSA) is 113 Å². The first kappa shape index (κ1) is 49.3. The third-order valence-electron chi connectivity index (χ3n) is 8.69. The average Bonchev–Trinajstić information content (AvgIpc) is 3.13. The highest BCUT2D eigenvalue weighted by Gasteiger charge is 2.16. The molecule has 0 saturated carbocycles. The van der Waals surface area contributed by atoms with Crippen molar-refractivity contribution < 1.29 is 34.4 Å². The van der Waals surface area contributed by atoms with Gasteiger partial charge in [-0.3, -0.25) is 9.59 Å². The fraction of sp³-hybridized carbons (Fsp3) is 0.689. The van der Waals surface area contributed by atoms with Crippen molar-refractivity contribution in [2.45, 2.75) is 186 Å². The fourth-order valence-electron chi connectivity index (χ4n) is 5.53. The fourth-order valence-corrected chi connectivity index (χ4v) is 5.53. The molecular weight excluding hydrogens is 652 g/mol. The van der Waals surface area contributed by atoms with Crippen LogP contribution in [0.2, 0.25) is 0 Å². The van der Waals surface area contributed by atoms with Crippen LogP contribution in [0.5, 0.6) is 0 Å². The Morgan fingerprint density at radius 2 is 1.12 bits per heavy atom. The van der Waals surface area contributed by atoms with E-state index in [0.717, 1.165) is 32.1 Å². The van der Waals surface area contributed by atoms with Crippen molar-refractivity contribution >= 4 is 11.9 Å². The number of hydrogen-bond acceptors (Lipinski definition) is 7. The van der Waals surface area contributed by atoms with Gasteiger partial charge in [0.05, 0.1) is 18.8 Å². The summed E-state index contributed by atoms with van der Waals surface area (Å²) in [5, 5.41) is 29.4. The Hall–Kier alpha value is -2.74. The van der Waals surface area contributed by atoms with Crippen molar-refractivity contribution in [2.24, 2.45) is 0 Å². The Morgan fingerprint density at radius 1 is 0.577 bits per heavy atom. The van der Waals surface area contributed by atoms with Crippen LogP contribution >= 0.6 is 0 Å². The van der Waals surface area contributed by atoms with Crippen LogP contribution in [0.15, 0.2) is 72.9 Å². The number of rotatable bonds is 36. The summed E-state index contributed by atoms with van der Waals surface area (Å²) >= 11 is 0. The zero-order valence-corrected chi connectivity index (χ0v) is 33.0. The number of carbonyl (C=O) groups is 2. The molecule has 0 aromatic rings. The molecule has 0 spiro atoms. The minimum atomic E-state index is -0.861. The van der Waals surface area contributed by atoms with Gasteiger partial charge in [-0.2, -0.15) is 0 Å². The summed E-state index contributed by atoms with van der Waals surface area (Å²) in [5.41, 5.74) is 0. The zero-order chi connectivity index (χ0) is 38.2. The minimum absolute atomic E-state index is 0.137. The third-order valence-corrected chi connectivity index (χ3v) is 8.69. The van der Waals surface area contributed by atoms with Crippen molar-refractivity contribution in [2.75, 3.05) is 13.2 Å². The van der Waals surface area contributed by atoms with Crippen LogP contribution in [0, 0.1) is 0 Å². The van der Waals surface area contributed by atoms with Crippen LogP contribution in [0.1, 0.15) is 168 Å². The lowest BCUT2D eigenvalue weighted by atomic mass is 10.0. The van der Waals surface area contributed by atoms with E-state index in [1.54, 1.807) is 24.3 Å². The standard InChI is InChI=1S/C45H76O7/c1-3-5-7-8-9-10-11-12-13-14-15-16-17-18-22-25-31-37-44(49)51-40-43(39-46)52-45(50)38-32-26-30-36-42(48)35-29-24-21-19-20-23-28-34-41(47)33-27-6-4-2/h6,20-21,23-24,27-30,34-36,41-43,46-48H,3-5,7-19,22,25-26,31-33,37-40H2,1-2H3/b23-20-,24-21-,27-6-,34-28+,35-29+,36-30-/t41-,42-,43-/m0/s1. The highest BCUT2D eigenvalue weighted by Crippen LogP contribution is 2.14. The molecule has 0 unspecified atom stereocenters. The van der Waals surface area contributed by atoms with Crippen LogP contribution in [0.3, 0.4) is 0 Å². The van der Waals surface area contributed by atoms with E-state index in [1.807, 2.05) is 48.6 Å². The first-order chi connectivity index (χ1) is 25.4. The second-order valence-corrected chi connectivity index (χ2v) is 13.7. The maximum absolute atomic E-state index is 12.2. The summed E-state index contributed by atoms with van der Waals surface area (Å²) in [6.45, 7) is 3.79. The Bertz CT molecular complexity index is 994. The summed E-state index contributed by atoms with van der Waals surface area (Å²) < 4.78 is 10.5. The molecule has 0 heterocycles. The first-order valence-corrected chi connectivity index (χ1v) is 20.7. The van der Waals surface area contributed by atoms with Crippen molar-refractivity contribution in [3.05, 3.63) is 72.9 Å². The molecule has 0 radical (unpaired) electrons. The number of aliphatic hydroxyl groups excluding tert-OH is 3. The number of unbranched alkanes of at least 4 members (excludes halogenated alkanes) is 17. The molecule has 0 rings (SSSR count). The van der Waals surface area contributed by atoms with E-state index in [4.69, 9.17) is 9.47 Å². The summed E-state index contributed by atoms with van der Waals surface area (Å²) in [7, 11) is 0. The molecule has 52 heavy (non-hydrogen) atoms. The van der Waals surface area contributed by atoms with Gasteiger partial charge >= 0.3 is 11.9 Å². The molecule has 0 amide bonds. The van der Waals surface area contributed by atoms with E-state index in [-0.39, 0.29) is 19.0 Å². The number of aliphatic hydroxyl groups is 3. The molecule has 0 bridgehead atoms. The lowest BCUT2D eigenvalue weighted by Crippen LogP contribution is -2.28. The Balaban J connectivity index is 3.81. The summed E-state index contributed by atoms with van der Waals surface area (Å²) in [6, 6.07) is 0. The van der Waals surface area contributed by atoms with Gasteiger partial charge in [-0.05, 0) is 38.5 Å². The van der Waals surface area contributed by atoms with Gasteiger partial charge in [0.1, 0.15) is 6.61 Å². The second kappa shape index (κ2) is 39.5. The molecule has 0 fully saturated rings. The van der Waals surface area contributed by atoms with Crippen LogP contribution in [0.25, 0.3) is 0 Å². The number of esters is 2. The predicted octanol–water partition coefficient (Wildman–Crippen LogP) is 10.9. The maximum atomic E-state index is 12.2. The van der Waals surface area contributed by atoms with Gasteiger partial charge < -0.3 is 24.8 Å². The molecule has 0 aromatic heterocycles. The summed E-state index contributed by atoms with van der Waals surface area (Å²) in [4.78, 5) is 24.3. The van der Waals surface area contributed by atoms with E-state index in [9.17, 15) is 24.9 Å². The maximum Gasteiger partial charge on any atom is 0.306 e. The number of allylic oxidation sites excluding steroid dienone is 8. The van der Waals surface area contributed by atoms with Gasteiger partial charge in [-0.25, -0.2) is 0 Å². The molecule has 3 N–H and O–H groups in total. The van der Waals surface area contributed by atoms with E-state index in [2.05, 4.69) is 13.8 Å². The van der Waals surface area contributed by atoms with Gasteiger partial charge in [-0.15, -0.1) is 0 Å². The van der Waals surface area contributed by atoms with Gasteiger partial charge in [0, 0.05) is 12.8 Å². The molecule has 0 aliphatic rings. The van der Waals surface area contributed by atoms with Gasteiger partial charge in [-0.1, -0.05) is 189 Å². The molecule has 7 nitrogen and oxygen atoms in total. The van der Waals surface area contributed by atoms with Crippen molar-refractivity contribution in [1.29, 1.82) is 0 Å². The van der Waals surface area contributed by atoms with Crippen LogP contribution in [-0.2, 0) is 19.1 Å². The SMILES string of the molecule is CC/C=C\C[C@H](O)/C=C/C=C\C/C=C\C=C\[C@H](O)/C=C\CCCC(=O)O[C@@H](CO)COC(=O)CCCCCCCCCCCCCCCCCCC. The quantitative estimate of drug-likeness (QED) is 0.0255. The molecule has 0 aliphatic heterocycles.